The van der Waals surface area contributed by atoms with Crippen molar-refractivity contribution in [3.63, 3.8) is 0 Å². The third-order valence-electron chi connectivity index (χ3n) is 1.74. The first-order valence-electron chi connectivity index (χ1n) is 4.18. The lowest BCUT2D eigenvalue weighted by Crippen LogP contribution is -2.17. The molecule has 0 spiro atoms. The number of amides is 1. The van der Waals surface area contributed by atoms with Crippen LogP contribution in [0.5, 0.6) is 0 Å². The molecule has 0 fully saturated rings. The van der Waals surface area contributed by atoms with Crippen LogP contribution in [0.4, 0.5) is 10.8 Å². The number of aromatic nitrogens is 4. The molecule has 0 unspecified atom stereocenters. The van der Waals surface area contributed by atoms with Gasteiger partial charge in [-0.3, -0.25) is 20.9 Å². The van der Waals surface area contributed by atoms with Gasteiger partial charge in [0.25, 0.3) is 5.91 Å². The number of nitrogens with two attached hydrogens (primary N) is 1. The van der Waals surface area contributed by atoms with E-state index in [-0.39, 0.29) is 5.91 Å². The van der Waals surface area contributed by atoms with Gasteiger partial charge in [-0.1, -0.05) is 9.59 Å². The molecular weight excluding hydrogens is 230 g/mol. The molecule has 2 heterocycles. The fourth-order valence-electron chi connectivity index (χ4n) is 1.05. The lowest BCUT2D eigenvalue weighted by Gasteiger charge is -2.06. The number of hydrogen-bond donors (Lipinski definition) is 3. The van der Waals surface area contributed by atoms with E-state index in [2.05, 4.69) is 30.5 Å². The third kappa shape index (κ3) is 2.10. The van der Waals surface area contributed by atoms with Crippen molar-refractivity contribution in [3.05, 3.63) is 24.0 Å². The smallest absolute Gasteiger partial charge is 0.259 e. The molecule has 9 heteroatoms. The van der Waals surface area contributed by atoms with Crippen molar-refractivity contribution in [1.29, 1.82) is 0 Å². The van der Waals surface area contributed by atoms with Crippen LogP contribution in [0.25, 0.3) is 0 Å². The number of anilines is 2. The summed E-state index contributed by atoms with van der Waals surface area (Å²) in [4.78, 5) is 15.6. The summed E-state index contributed by atoms with van der Waals surface area (Å²) in [6.45, 7) is 0. The predicted molar refractivity (Wildman–Crippen MR) is 57.7 cm³/mol. The van der Waals surface area contributed by atoms with Crippen LogP contribution < -0.4 is 16.6 Å². The van der Waals surface area contributed by atoms with E-state index in [0.717, 1.165) is 11.5 Å². The molecule has 0 bridgehead atoms. The van der Waals surface area contributed by atoms with Gasteiger partial charge in [0.1, 0.15) is 0 Å². The number of nitrogen functional groups attached to an aromatic ring is 1. The zero-order chi connectivity index (χ0) is 11.4. The lowest BCUT2D eigenvalue weighted by molar-refractivity contribution is 0.102. The van der Waals surface area contributed by atoms with Gasteiger partial charge in [0, 0.05) is 17.7 Å². The standard InChI is InChI=1S/C7H7N7OS/c8-11-5-3-9-2-1-4(5)6(15)10-7-12-13-14-16-7/h1-3,11H,8H2,(H,10,12,14,15). The molecule has 0 aromatic carbocycles. The van der Waals surface area contributed by atoms with Gasteiger partial charge in [-0.15, -0.1) is 0 Å². The van der Waals surface area contributed by atoms with E-state index in [9.17, 15) is 4.79 Å². The van der Waals surface area contributed by atoms with Gasteiger partial charge in [0.15, 0.2) is 0 Å². The van der Waals surface area contributed by atoms with E-state index in [1.807, 2.05) is 0 Å². The van der Waals surface area contributed by atoms with Crippen molar-refractivity contribution in [2.75, 3.05) is 10.7 Å². The van der Waals surface area contributed by atoms with Gasteiger partial charge in [-0.05, 0) is 11.3 Å². The highest BCUT2D eigenvalue weighted by molar-refractivity contribution is 7.09. The number of pyridine rings is 1. The summed E-state index contributed by atoms with van der Waals surface area (Å²) in [5.41, 5.74) is 3.18. The number of carbonyl (C=O) groups is 1. The Bertz CT molecular complexity index is 485. The summed E-state index contributed by atoms with van der Waals surface area (Å²) in [6, 6.07) is 1.54. The zero-order valence-corrected chi connectivity index (χ0v) is 8.73. The predicted octanol–water partition coefficient (Wildman–Crippen LogP) is -0.134. The number of nitrogens with zero attached hydrogens (tertiary/aromatic N) is 4. The van der Waals surface area contributed by atoms with Crippen LogP contribution >= 0.6 is 11.5 Å². The van der Waals surface area contributed by atoms with E-state index in [1.54, 1.807) is 6.07 Å². The third-order valence-corrected chi connectivity index (χ3v) is 2.25. The summed E-state index contributed by atoms with van der Waals surface area (Å²) in [5, 5.41) is 9.81. The molecule has 8 nitrogen and oxygen atoms in total. The summed E-state index contributed by atoms with van der Waals surface area (Å²) in [7, 11) is 0. The molecule has 4 N–H and O–H groups in total. The Balaban J connectivity index is 2.21. The molecule has 0 aliphatic carbocycles. The Morgan fingerprint density at radius 1 is 1.50 bits per heavy atom. The second-order valence-corrected chi connectivity index (χ2v) is 3.42. The molecular formula is C7H7N7OS. The van der Waals surface area contributed by atoms with E-state index in [1.165, 1.54) is 12.4 Å². The molecule has 0 aliphatic rings. The van der Waals surface area contributed by atoms with Crippen molar-refractivity contribution < 1.29 is 4.79 Å². The minimum absolute atomic E-state index is 0.324. The highest BCUT2D eigenvalue weighted by Gasteiger charge is 2.12. The highest BCUT2D eigenvalue weighted by atomic mass is 32.1. The zero-order valence-electron chi connectivity index (χ0n) is 7.91. The van der Waals surface area contributed by atoms with Crippen LogP contribution in [0.15, 0.2) is 18.5 Å². The van der Waals surface area contributed by atoms with Crippen LogP contribution in [-0.2, 0) is 0 Å². The molecule has 0 saturated heterocycles. The summed E-state index contributed by atoms with van der Waals surface area (Å²) in [5.74, 6) is 4.90. The first-order valence-corrected chi connectivity index (χ1v) is 4.95. The molecule has 2 aromatic rings. The van der Waals surface area contributed by atoms with E-state index >= 15 is 0 Å². The number of rotatable bonds is 3. The molecule has 0 aliphatic heterocycles. The Hall–Kier alpha value is -2.13. The van der Waals surface area contributed by atoms with E-state index in [0.29, 0.717) is 16.4 Å². The average molecular weight is 237 g/mol. The molecule has 0 saturated carbocycles. The number of nitrogens with one attached hydrogen (secondary N) is 2. The van der Waals surface area contributed by atoms with E-state index in [4.69, 9.17) is 5.84 Å². The van der Waals surface area contributed by atoms with Crippen LogP contribution in [0.3, 0.4) is 0 Å². The van der Waals surface area contributed by atoms with Crippen molar-refractivity contribution in [1.82, 2.24) is 19.8 Å². The van der Waals surface area contributed by atoms with Gasteiger partial charge in [-0.25, -0.2) is 0 Å². The highest BCUT2D eigenvalue weighted by Crippen LogP contribution is 2.14. The SMILES string of the molecule is NNc1cnccc1C(=O)Nc1nnns1. The number of hydrazine groups is 1. The van der Waals surface area contributed by atoms with Crippen molar-refractivity contribution in [3.8, 4) is 0 Å². The van der Waals surface area contributed by atoms with Gasteiger partial charge in [0.2, 0.25) is 5.13 Å². The van der Waals surface area contributed by atoms with Gasteiger partial charge >= 0.3 is 0 Å². The monoisotopic (exact) mass is 237 g/mol. The maximum atomic E-state index is 11.8. The van der Waals surface area contributed by atoms with Gasteiger partial charge < -0.3 is 5.43 Å². The minimum Gasteiger partial charge on any atom is -0.322 e. The van der Waals surface area contributed by atoms with Crippen LogP contribution in [-0.4, -0.2) is 25.7 Å². The second-order valence-electron chi connectivity index (χ2n) is 2.69. The number of carbonyl (C=O) groups excluding carboxylic acids is 1. The van der Waals surface area contributed by atoms with Crippen LogP contribution in [0.1, 0.15) is 10.4 Å². The van der Waals surface area contributed by atoms with Crippen LogP contribution in [0, 0.1) is 0 Å². The molecule has 2 rings (SSSR count). The summed E-state index contributed by atoms with van der Waals surface area (Å²) >= 11 is 0.988. The maximum absolute atomic E-state index is 11.8. The maximum Gasteiger partial charge on any atom is 0.259 e. The molecule has 0 atom stereocenters. The lowest BCUT2D eigenvalue weighted by atomic mass is 10.2. The fourth-order valence-corrected chi connectivity index (χ4v) is 1.42. The Morgan fingerprint density at radius 3 is 3.06 bits per heavy atom. The van der Waals surface area contributed by atoms with Gasteiger partial charge in [-0.2, -0.15) is 0 Å². The Labute approximate surface area is 94.0 Å². The second kappa shape index (κ2) is 4.59. The van der Waals surface area contributed by atoms with Crippen molar-refractivity contribution in [2.45, 2.75) is 0 Å². The fraction of sp³-hybridized carbons (Fsp3) is 0. The first kappa shape index (κ1) is 10.4. The molecule has 82 valence electrons. The van der Waals surface area contributed by atoms with Crippen LogP contribution in [0.2, 0.25) is 0 Å². The minimum atomic E-state index is -0.353. The Kier molecular flexibility index (Phi) is 2.98. The molecule has 2 aromatic heterocycles. The van der Waals surface area contributed by atoms with E-state index < -0.39 is 0 Å². The quantitative estimate of drug-likeness (QED) is 0.502. The number of hydrogen-bond acceptors (Lipinski definition) is 8. The topological polar surface area (TPSA) is 119 Å². The molecule has 1 amide bonds. The molecule has 16 heavy (non-hydrogen) atoms. The normalized spacial score (nSPS) is 9.81. The largest absolute Gasteiger partial charge is 0.322 e. The molecule has 0 radical (unpaired) electrons. The summed E-state index contributed by atoms with van der Waals surface area (Å²) < 4.78 is 3.52. The Morgan fingerprint density at radius 2 is 2.38 bits per heavy atom. The first-order chi connectivity index (χ1) is 7.81. The van der Waals surface area contributed by atoms with Crippen molar-refractivity contribution >= 4 is 28.3 Å². The summed E-state index contributed by atoms with van der Waals surface area (Å²) in [6.07, 6.45) is 2.95. The van der Waals surface area contributed by atoms with Gasteiger partial charge in [0.05, 0.1) is 17.4 Å². The average Bonchev–Trinajstić information content (AvgIpc) is 2.81. The van der Waals surface area contributed by atoms with Crippen molar-refractivity contribution in [2.24, 2.45) is 5.84 Å².